The van der Waals surface area contributed by atoms with Crippen LogP contribution in [0.4, 0.5) is 11.5 Å². The summed E-state index contributed by atoms with van der Waals surface area (Å²) in [5.41, 5.74) is 4.60. The molecule has 1 aromatic carbocycles. The highest BCUT2D eigenvalue weighted by Crippen LogP contribution is 2.29. The van der Waals surface area contributed by atoms with Gasteiger partial charge in [0.25, 0.3) is 5.91 Å². The second kappa shape index (κ2) is 8.40. The third-order valence-corrected chi connectivity index (χ3v) is 4.25. The molecule has 0 radical (unpaired) electrons. The number of amides is 1. The zero-order valence-electron chi connectivity index (χ0n) is 15.7. The Labute approximate surface area is 159 Å². The van der Waals surface area contributed by atoms with E-state index in [-0.39, 0.29) is 11.6 Å². The van der Waals surface area contributed by atoms with Crippen molar-refractivity contribution in [3.05, 3.63) is 77.2 Å². The largest absolute Gasteiger partial charge is 0.347 e. The molecule has 138 valence electrons. The lowest BCUT2D eigenvalue weighted by Gasteiger charge is -2.16. The van der Waals surface area contributed by atoms with Gasteiger partial charge in [-0.3, -0.25) is 9.78 Å². The first kappa shape index (κ1) is 18.5. The minimum atomic E-state index is -0.267. The number of para-hydroxylation sites is 1. The fraction of sp³-hybridized carbons (Fsp3) is 0.238. The fourth-order valence-electron chi connectivity index (χ4n) is 2.77. The van der Waals surface area contributed by atoms with Crippen LogP contribution in [0.3, 0.4) is 0 Å². The van der Waals surface area contributed by atoms with Gasteiger partial charge in [0.05, 0.1) is 0 Å². The molecule has 6 heteroatoms. The summed E-state index contributed by atoms with van der Waals surface area (Å²) in [4.78, 5) is 16.3. The number of anilines is 2. The Bertz CT molecular complexity index is 908. The maximum absolute atomic E-state index is 12.2. The zero-order valence-corrected chi connectivity index (χ0v) is 15.7. The van der Waals surface area contributed by atoms with Gasteiger partial charge in [0, 0.05) is 24.6 Å². The van der Waals surface area contributed by atoms with E-state index >= 15 is 0 Å². The normalized spacial score (nSPS) is 10.7. The molecule has 6 nitrogen and oxygen atoms in total. The van der Waals surface area contributed by atoms with Crippen LogP contribution in [0.2, 0.25) is 0 Å². The highest BCUT2D eigenvalue weighted by Gasteiger charge is 2.12. The monoisotopic (exact) mass is 361 g/mol. The van der Waals surface area contributed by atoms with Crippen LogP contribution in [0.5, 0.6) is 0 Å². The number of pyridine rings is 1. The number of aromatic nitrogens is 3. The molecule has 0 atom stereocenters. The summed E-state index contributed by atoms with van der Waals surface area (Å²) in [6.45, 7) is 6.76. The van der Waals surface area contributed by atoms with Gasteiger partial charge in [-0.2, -0.15) is 0 Å². The Kier molecular flexibility index (Phi) is 5.76. The van der Waals surface area contributed by atoms with E-state index in [0.29, 0.717) is 18.3 Å². The molecule has 3 aromatic rings. The predicted molar refractivity (Wildman–Crippen MR) is 106 cm³/mol. The smallest absolute Gasteiger partial charge is 0.272 e. The molecule has 1 amide bonds. The van der Waals surface area contributed by atoms with Crippen molar-refractivity contribution >= 4 is 17.4 Å². The SMILES string of the molecule is Cc1cccc(C(C)C)c1Nc1ccc(C(=O)NCc2cccnc2)nn1. The van der Waals surface area contributed by atoms with E-state index in [9.17, 15) is 4.79 Å². The maximum atomic E-state index is 12.2. The first-order valence-corrected chi connectivity index (χ1v) is 8.92. The zero-order chi connectivity index (χ0) is 19.2. The number of nitrogens with one attached hydrogen (secondary N) is 2. The van der Waals surface area contributed by atoms with Crippen molar-refractivity contribution in [2.45, 2.75) is 33.2 Å². The molecular weight excluding hydrogens is 338 g/mol. The fourth-order valence-corrected chi connectivity index (χ4v) is 2.77. The quantitative estimate of drug-likeness (QED) is 0.694. The molecule has 0 saturated carbocycles. The summed E-state index contributed by atoms with van der Waals surface area (Å²) in [6, 6.07) is 13.4. The Morgan fingerprint density at radius 1 is 1.07 bits per heavy atom. The lowest BCUT2D eigenvalue weighted by atomic mass is 9.98. The Morgan fingerprint density at radius 2 is 1.93 bits per heavy atom. The van der Waals surface area contributed by atoms with Gasteiger partial charge in [0.15, 0.2) is 11.5 Å². The van der Waals surface area contributed by atoms with Crippen LogP contribution in [0.1, 0.15) is 46.9 Å². The summed E-state index contributed by atoms with van der Waals surface area (Å²) >= 11 is 0. The first-order chi connectivity index (χ1) is 13.0. The number of aryl methyl sites for hydroxylation is 1. The van der Waals surface area contributed by atoms with Crippen LogP contribution in [-0.4, -0.2) is 21.1 Å². The number of nitrogens with zero attached hydrogens (tertiary/aromatic N) is 3. The molecule has 27 heavy (non-hydrogen) atoms. The average Bonchev–Trinajstić information content (AvgIpc) is 2.69. The van der Waals surface area contributed by atoms with Crippen LogP contribution >= 0.6 is 0 Å². The van der Waals surface area contributed by atoms with Crippen molar-refractivity contribution in [3.63, 3.8) is 0 Å². The lowest BCUT2D eigenvalue weighted by Crippen LogP contribution is -2.24. The van der Waals surface area contributed by atoms with Crippen molar-refractivity contribution in [2.75, 3.05) is 5.32 Å². The Morgan fingerprint density at radius 3 is 2.59 bits per heavy atom. The first-order valence-electron chi connectivity index (χ1n) is 8.92. The topological polar surface area (TPSA) is 79.8 Å². The van der Waals surface area contributed by atoms with Gasteiger partial charge in [-0.25, -0.2) is 0 Å². The average molecular weight is 361 g/mol. The highest BCUT2D eigenvalue weighted by molar-refractivity contribution is 5.92. The van der Waals surface area contributed by atoms with Gasteiger partial charge in [-0.05, 0) is 47.7 Å². The Hall–Kier alpha value is -3.28. The second-order valence-corrected chi connectivity index (χ2v) is 6.67. The lowest BCUT2D eigenvalue weighted by molar-refractivity contribution is 0.0945. The summed E-state index contributed by atoms with van der Waals surface area (Å²) in [7, 11) is 0. The number of hydrogen-bond acceptors (Lipinski definition) is 5. The molecule has 3 rings (SSSR count). The summed E-state index contributed by atoms with van der Waals surface area (Å²) in [5.74, 6) is 0.726. The summed E-state index contributed by atoms with van der Waals surface area (Å²) < 4.78 is 0. The van der Waals surface area contributed by atoms with Crippen LogP contribution in [0, 0.1) is 6.92 Å². The molecule has 0 unspecified atom stereocenters. The molecule has 0 bridgehead atoms. The third kappa shape index (κ3) is 4.67. The van der Waals surface area contributed by atoms with Gasteiger partial charge in [0.2, 0.25) is 0 Å². The van der Waals surface area contributed by atoms with E-state index in [1.807, 2.05) is 12.1 Å². The molecule has 0 aliphatic rings. The summed E-state index contributed by atoms with van der Waals surface area (Å²) in [5, 5.41) is 14.4. The van der Waals surface area contributed by atoms with Crippen LogP contribution in [0.25, 0.3) is 0 Å². The van der Waals surface area contributed by atoms with Crippen molar-refractivity contribution in [1.82, 2.24) is 20.5 Å². The molecule has 0 saturated heterocycles. The molecule has 2 aromatic heterocycles. The minimum absolute atomic E-state index is 0.267. The number of rotatable bonds is 6. The molecule has 0 aliphatic carbocycles. The third-order valence-electron chi connectivity index (χ3n) is 4.25. The van der Waals surface area contributed by atoms with Crippen molar-refractivity contribution in [2.24, 2.45) is 0 Å². The number of benzene rings is 1. The molecule has 0 aliphatic heterocycles. The van der Waals surface area contributed by atoms with Crippen LogP contribution < -0.4 is 10.6 Å². The predicted octanol–water partition coefficient (Wildman–Crippen LogP) is 3.98. The standard InChI is InChI=1S/C21H23N5O/c1-14(2)17-8-4-6-15(3)20(17)24-19-10-9-18(25-26-19)21(27)23-13-16-7-5-11-22-12-16/h4-12,14H,13H2,1-3H3,(H,23,27)(H,24,26). The maximum Gasteiger partial charge on any atom is 0.272 e. The van der Waals surface area contributed by atoms with E-state index in [1.165, 1.54) is 5.56 Å². The highest BCUT2D eigenvalue weighted by atomic mass is 16.1. The van der Waals surface area contributed by atoms with Crippen molar-refractivity contribution < 1.29 is 4.79 Å². The number of carbonyl (C=O) groups excluding carboxylic acids is 1. The molecular formula is C21H23N5O. The number of carbonyl (C=O) groups is 1. The van der Waals surface area contributed by atoms with Crippen LogP contribution in [0.15, 0.2) is 54.9 Å². The summed E-state index contributed by atoms with van der Waals surface area (Å²) in [6.07, 6.45) is 3.41. The minimum Gasteiger partial charge on any atom is -0.347 e. The van der Waals surface area contributed by atoms with E-state index in [0.717, 1.165) is 16.8 Å². The van der Waals surface area contributed by atoms with Gasteiger partial charge >= 0.3 is 0 Å². The van der Waals surface area contributed by atoms with E-state index in [1.54, 1.807) is 24.5 Å². The van der Waals surface area contributed by atoms with E-state index in [4.69, 9.17) is 0 Å². The van der Waals surface area contributed by atoms with Gasteiger partial charge in [0.1, 0.15) is 0 Å². The van der Waals surface area contributed by atoms with E-state index in [2.05, 4.69) is 64.8 Å². The second-order valence-electron chi connectivity index (χ2n) is 6.67. The molecule has 2 heterocycles. The van der Waals surface area contributed by atoms with Crippen molar-refractivity contribution in [1.29, 1.82) is 0 Å². The van der Waals surface area contributed by atoms with Crippen LogP contribution in [-0.2, 0) is 6.54 Å². The molecule has 0 spiro atoms. The molecule has 2 N–H and O–H groups in total. The van der Waals surface area contributed by atoms with Gasteiger partial charge in [-0.1, -0.05) is 38.1 Å². The van der Waals surface area contributed by atoms with E-state index < -0.39 is 0 Å². The number of hydrogen-bond donors (Lipinski definition) is 2. The van der Waals surface area contributed by atoms with Crippen molar-refractivity contribution in [3.8, 4) is 0 Å². The van der Waals surface area contributed by atoms with Gasteiger partial charge < -0.3 is 10.6 Å². The van der Waals surface area contributed by atoms with Gasteiger partial charge in [-0.15, -0.1) is 10.2 Å². The molecule has 0 fully saturated rings. The Balaban J connectivity index is 1.68.